The van der Waals surface area contributed by atoms with E-state index < -0.39 is 5.82 Å². The molecule has 0 saturated carbocycles. The fraction of sp³-hybridized carbons (Fsp3) is 0.360. The van der Waals surface area contributed by atoms with Gasteiger partial charge in [0.05, 0.1) is 35.2 Å². The highest BCUT2D eigenvalue weighted by Gasteiger charge is 2.18. The van der Waals surface area contributed by atoms with Crippen molar-refractivity contribution in [2.45, 2.75) is 44.5 Å². The predicted molar refractivity (Wildman–Crippen MR) is 131 cm³/mol. The van der Waals surface area contributed by atoms with E-state index in [4.69, 9.17) is 10.00 Å². The van der Waals surface area contributed by atoms with Crippen LogP contribution in [0.2, 0.25) is 0 Å². The summed E-state index contributed by atoms with van der Waals surface area (Å²) in [6.07, 6.45) is 0.871. The first-order valence-electron chi connectivity index (χ1n) is 11.1. The maximum atomic E-state index is 13.3. The third-order valence-electron chi connectivity index (χ3n) is 5.02. The van der Waals surface area contributed by atoms with Gasteiger partial charge >= 0.3 is 0 Å². The topological polar surface area (TPSA) is 88.2 Å². The Morgan fingerprint density at radius 1 is 1.24 bits per heavy atom. The number of amides is 1. The maximum absolute atomic E-state index is 13.3. The first-order valence-corrected chi connectivity index (χ1v) is 12.1. The van der Waals surface area contributed by atoms with Crippen molar-refractivity contribution < 1.29 is 13.9 Å². The number of anilines is 1. The molecule has 0 aliphatic heterocycles. The standard InChI is InChI=1S/C25H27FN4O3S/c1-18(2)33-16-6-15-30-24(32)21-7-3-4-8-22(21)28-25(30)34-17-23(31)29(14-5-13-27)20-11-9-19(26)10-12-20/h3-4,7-12,18H,5-6,14-17H2,1-2H3. The van der Waals surface area contributed by atoms with Crippen LogP contribution in [0.15, 0.2) is 58.5 Å². The predicted octanol–water partition coefficient (Wildman–Crippen LogP) is 4.39. The molecule has 7 nitrogen and oxygen atoms in total. The quantitative estimate of drug-likeness (QED) is 0.229. The zero-order valence-electron chi connectivity index (χ0n) is 19.2. The minimum Gasteiger partial charge on any atom is -0.379 e. The van der Waals surface area contributed by atoms with Gasteiger partial charge in [0.2, 0.25) is 5.91 Å². The molecule has 9 heteroatoms. The highest BCUT2D eigenvalue weighted by molar-refractivity contribution is 7.99. The van der Waals surface area contributed by atoms with Gasteiger partial charge in [0.15, 0.2) is 5.16 Å². The number of hydrogen-bond acceptors (Lipinski definition) is 6. The van der Waals surface area contributed by atoms with Gasteiger partial charge in [-0.3, -0.25) is 14.2 Å². The molecular weight excluding hydrogens is 455 g/mol. The number of rotatable bonds is 11. The van der Waals surface area contributed by atoms with Crippen LogP contribution in [0.1, 0.15) is 26.7 Å². The third-order valence-corrected chi connectivity index (χ3v) is 5.98. The number of nitrogens with zero attached hydrogens (tertiary/aromatic N) is 4. The van der Waals surface area contributed by atoms with Gasteiger partial charge in [-0.15, -0.1) is 0 Å². The summed E-state index contributed by atoms with van der Waals surface area (Å²) in [5.41, 5.74) is 0.916. The van der Waals surface area contributed by atoms with E-state index in [1.807, 2.05) is 26.0 Å². The van der Waals surface area contributed by atoms with Crippen LogP contribution in [0.3, 0.4) is 0 Å². The van der Waals surface area contributed by atoms with E-state index in [2.05, 4.69) is 4.98 Å². The Labute approximate surface area is 202 Å². The van der Waals surface area contributed by atoms with Gasteiger partial charge in [0, 0.05) is 25.4 Å². The van der Waals surface area contributed by atoms with E-state index in [1.165, 1.54) is 40.9 Å². The van der Waals surface area contributed by atoms with Gasteiger partial charge in [0.1, 0.15) is 5.82 Å². The molecule has 0 N–H and O–H groups in total. The minimum absolute atomic E-state index is 0.01000. The summed E-state index contributed by atoms with van der Waals surface area (Å²) in [5, 5.41) is 9.95. The molecule has 3 aromatic rings. The zero-order chi connectivity index (χ0) is 24.5. The maximum Gasteiger partial charge on any atom is 0.262 e. The van der Waals surface area contributed by atoms with Crippen LogP contribution in [0.4, 0.5) is 10.1 Å². The van der Waals surface area contributed by atoms with E-state index in [1.54, 1.807) is 22.8 Å². The van der Waals surface area contributed by atoms with E-state index in [0.717, 1.165) is 0 Å². The number of halogens is 1. The fourth-order valence-electron chi connectivity index (χ4n) is 3.38. The Hall–Kier alpha value is -3.22. The first kappa shape index (κ1) is 25.4. The lowest BCUT2D eigenvalue weighted by Gasteiger charge is -2.22. The van der Waals surface area contributed by atoms with E-state index in [-0.39, 0.29) is 36.3 Å². The fourth-order valence-corrected chi connectivity index (χ4v) is 4.28. The van der Waals surface area contributed by atoms with Crippen molar-refractivity contribution in [3.05, 3.63) is 64.7 Å². The summed E-state index contributed by atoms with van der Waals surface area (Å²) in [6, 6.07) is 14.7. The van der Waals surface area contributed by atoms with Crippen LogP contribution in [0, 0.1) is 17.1 Å². The average molecular weight is 483 g/mol. The van der Waals surface area contributed by atoms with Crippen LogP contribution in [-0.2, 0) is 16.1 Å². The van der Waals surface area contributed by atoms with Crippen LogP contribution >= 0.6 is 11.8 Å². The molecule has 34 heavy (non-hydrogen) atoms. The molecule has 0 unspecified atom stereocenters. The summed E-state index contributed by atoms with van der Waals surface area (Å²) in [5.74, 6) is -0.656. The molecule has 0 radical (unpaired) electrons. The molecule has 0 bridgehead atoms. The molecular formula is C25H27FN4O3S. The average Bonchev–Trinajstić information content (AvgIpc) is 2.83. The number of para-hydroxylation sites is 1. The monoisotopic (exact) mass is 482 g/mol. The molecule has 0 fully saturated rings. The second-order valence-corrected chi connectivity index (χ2v) is 8.80. The number of fused-ring (bicyclic) bond motifs is 1. The summed E-state index contributed by atoms with van der Waals surface area (Å²) in [6.45, 7) is 5.01. The van der Waals surface area contributed by atoms with Crippen molar-refractivity contribution in [1.29, 1.82) is 5.26 Å². The van der Waals surface area contributed by atoms with Crippen molar-refractivity contribution in [2.75, 3.05) is 23.8 Å². The number of hydrogen-bond donors (Lipinski definition) is 0. The lowest BCUT2D eigenvalue weighted by atomic mass is 10.2. The lowest BCUT2D eigenvalue weighted by Crippen LogP contribution is -2.33. The van der Waals surface area contributed by atoms with Crippen molar-refractivity contribution in [3.8, 4) is 6.07 Å². The van der Waals surface area contributed by atoms with Gasteiger partial charge < -0.3 is 9.64 Å². The van der Waals surface area contributed by atoms with Crippen LogP contribution in [-0.4, -0.2) is 40.5 Å². The van der Waals surface area contributed by atoms with Crippen LogP contribution in [0.5, 0.6) is 0 Å². The van der Waals surface area contributed by atoms with Crippen molar-refractivity contribution in [1.82, 2.24) is 9.55 Å². The van der Waals surface area contributed by atoms with E-state index in [0.29, 0.717) is 41.3 Å². The summed E-state index contributed by atoms with van der Waals surface area (Å²) in [7, 11) is 0. The van der Waals surface area contributed by atoms with Crippen LogP contribution in [0.25, 0.3) is 10.9 Å². The second-order valence-electron chi connectivity index (χ2n) is 7.86. The number of aromatic nitrogens is 2. The number of nitriles is 1. The summed E-state index contributed by atoms with van der Waals surface area (Å²) < 4.78 is 20.5. The normalized spacial score (nSPS) is 11.0. The van der Waals surface area contributed by atoms with Crippen molar-refractivity contribution in [3.63, 3.8) is 0 Å². The number of thioether (sulfide) groups is 1. The SMILES string of the molecule is CC(C)OCCCn1c(SCC(=O)N(CCC#N)c2ccc(F)cc2)nc2ccccc2c1=O. The molecule has 178 valence electrons. The Morgan fingerprint density at radius 3 is 2.68 bits per heavy atom. The molecule has 1 heterocycles. The zero-order valence-corrected chi connectivity index (χ0v) is 20.1. The Bertz CT molecular complexity index is 1220. The molecule has 1 amide bonds. The largest absolute Gasteiger partial charge is 0.379 e. The van der Waals surface area contributed by atoms with Gasteiger partial charge in [-0.25, -0.2) is 9.37 Å². The number of carbonyl (C=O) groups excluding carboxylic acids is 1. The molecule has 3 rings (SSSR count). The molecule has 0 aliphatic rings. The van der Waals surface area contributed by atoms with E-state index >= 15 is 0 Å². The summed E-state index contributed by atoms with van der Waals surface area (Å²) in [4.78, 5) is 32.3. The molecule has 0 spiro atoms. The summed E-state index contributed by atoms with van der Waals surface area (Å²) >= 11 is 1.17. The highest BCUT2D eigenvalue weighted by atomic mass is 32.2. The van der Waals surface area contributed by atoms with Gasteiger partial charge in [-0.1, -0.05) is 23.9 Å². The van der Waals surface area contributed by atoms with Crippen molar-refractivity contribution >= 4 is 34.3 Å². The number of carbonyl (C=O) groups is 1. The number of ether oxygens (including phenoxy) is 1. The van der Waals surface area contributed by atoms with Crippen LogP contribution < -0.4 is 10.5 Å². The second kappa shape index (κ2) is 12.3. The molecule has 0 saturated heterocycles. The Kier molecular flexibility index (Phi) is 9.19. The Morgan fingerprint density at radius 2 is 1.97 bits per heavy atom. The van der Waals surface area contributed by atoms with Gasteiger partial charge in [-0.05, 0) is 56.7 Å². The van der Waals surface area contributed by atoms with Gasteiger partial charge in [0.25, 0.3) is 5.56 Å². The van der Waals surface area contributed by atoms with Gasteiger partial charge in [-0.2, -0.15) is 5.26 Å². The third kappa shape index (κ3) is 6.65. The number of benzene rings is 2. The molecule has 2 aromatic carbocycles. The Balaban J connectivity index is 1.83. The first-order chi connectivity index (χ1) is 16.4. The highest BCUT2D eigenvalue weighted by Crippen LogP contribution is 2.21. The minimum atomic E-state index is -0.406. The van der Waals surface area contributed by atoms with E-state index in [9.17, 15) is 14.0 Å². The molecule has 0 atom stereocenters. The van der Waals surface area contributed by atoms with Crippen molar-refractivity contribution in [2.24, 2.45) is 0 Å². The molecule has 0 aliphatic carbocycles. The smallest absolute Gasteiger partial charge is 0.262 e. The molecule has 1 aromatic heterocycles. The lowest BCUT2D eigenvalue weighted by molar-refractivity contribution is -0.116.